The number of alkyl carbamates (subject to hydrolysis) is 1. The van der Waals surface area contributed by atoms with E-state index in [0.717, 1.165) is 42.4 Å². The minimum atomic E-state index is -0.509. The molecule has 1 aromatic carbocycles. The normalized spacial score (nSPS) is 20.1. The molecule has 1 saturated carbocycles. The number of nitrogens with one attached hydrogen (secondary N) is 3. The lowest BCUT2D eigenvalue weighted by Gasteiger charge is -2.33. The molecule has 3 rings (SSSR count). The van der Waals surface area contributed by atoms with Crippen molar-refractivity contribution in [1.29, 1.82) is 0 Å². The van der Waals surface area contributed by atoms with E-state index in [-0.39, 0.29) is 18.2 Å². The highest BCUT2D eigenvalue weighted by Crippen LogP contribution is 2.25. The van der Waals surface area contributed by atoms with Crippen molar-refractivity contribution in [2.75, 3.05) is 17.7 Å². The summed E-state index contributed by atoms with van der Waals surface area (Å²) in [5.41, 5.74) is 0.372. The standard InChI is InChI=1S/C20H29N5O2/c1-20(2,3)27-19(26)24-16-12-8-7-11-15(16)23-18-22-14-10-6-5-9-13(14)17(21-4)25-18/h5-6,9-10,15-16H,7-8,11-12H2,1-4H3,(H,24,26)(H2,21,22,23,25). The molecule has 2 aromatic rings. The number of carbonyl (C=O) groups excluding carboxylic acids is 1. The Balaban J connectivity index is 1.76. The van der Waals surface area contributed by atoms with Gasteiger partial charge in [0.2, 0.25) is 5.95 Å². The SMILES string of the molecule is CNc1nc(NC2CCCCC2NC(=O)OC(C)(C)C)nc2ccccc12. The van der Waals surface area contributed by atoms with Crippen LogP contribution in [0.2, 0.25) is 0 Å². The van der Waals surface area contributed by atoms with Crippen molar-refractivity contribution in [2.24, 2.45) is 0 Å². The highest BCUT2D eigenvalue weighted by atomic mass is 16.6. The predicted molar refractivity (Wildman–Crippen MR) is 108 cm³/mol. The van der Waals surface area contributed by atoms with Gasteiger partial charge < -0.3 is 20.7 Å². The molecule has 2 atom stereocenters. The number of hydrogen-bond donors (Lipinski definition) is 3. The quantitative estimate of drug-likeness (QED) is 0.755. The summed E-state index contributed by atoms with van der Waals surface area (Å²) in [5.74, 6) is 1.36. The summed E-state index contributed by atoms with van der Waals surface area (Å²) in [6.07, 6.45) is 3.67. The van der Waals surface area contributed by atoms with Gasteiger partial charge in [0.25, 0.3) is 0 Å². The third-order valence-electron chi connectivity index (χ3n) is 4.62. The molecule has 1 aliphatic carbocycles. The number of amides is 1. The molecular formula is C20H29N5O2. The minimum Gasteiger partial charge on any atom is -0.444 e. The number of anilines is 2. The summed E-state index contributed by atoms with van der Waals surface area (Å²) in [6, 6.07) is 7.96. The van der Waals surface area contributed by atoms with E-state index in [1.54, 1.807) is 0 Å². The van der Waals surface area contributed by atoms with E-state index in [4.69, 9.17) is 4.74 Å². The van der Waals surface area contributed by atoms with Gasteiger partial charge in [0, 0.05) is 18.5 Å². The monoisotopic (exact) mass is 371 g/mol. The number of benzene rings is 1. The van der Waals surface area contributed by atoms with Crippen molar-refractivity contribution in [3.8, 4) is 0 Å². The number of aromatic nitrogens is 2. The molecule has 0 bridgehead atoms. The zero-order valence-corrected chi connectivity index (χ0v) is 16.5. The lowest BCUT2D eigenvalue weighted by atomic mass is 9.90. The lowest BCUT2D eigenvalue weighted by molar-refractivity contribution is 0.0488. The maximum absolute atomic E-state index is 12.2. The van der Waals surface area contributed by atoms with E-state index < -0.39 is 5.60 Å². The zero-order valence-electron chi connectivity index (χ0n) is 16.5. The van der Waals surface area contributed by atoms with Gasteiger partial charge >= 0.3 is 6.09 Å². The smallest absolute Gasteiger partial charge is 0.407 e. The Morgan fingerprint density at radius 3 is 2.52 bits per heavy atom. The third kappa shape index (κ3) is 4.99. The number of hydrogen-bond acceptors (Lipinski definition) is 6. The van der Waals surface area contributed by atoms with E-state index in [2.05, 4.69) is 25.9 Å². The fraction of sp³-hybridized carbons (Fsp3) is 0.550. The Hall–Kier alpha value is -2.57. The average molecular weight is 371 g/mol. The Bertz CT molecular complexity index is 803. The number of carbonyl (C=O) groups is 1. The fourth-order valence-corrected chi connectivity index (χ4v) is 3.43. The summed E-state index contributed by atoms with van der Waals surface area (Å²) in [7, 11) is 1.85. The molecule has 0 saturated heterocycles. The van der Waals surface area contributed by atoms with Gasteiger partial charge in [0.05, 0.1) is 11.6 Å². The summed E-state index contributed by atoms with van der Waals surface area (Å²) in [6.45, 7) is 5.60. The molecular weight excluding hydrogens is 342 g/mol. The van der Waals surface area contributed by atoms with Gasteiger partial charge in [-0.1, -0.05) is 25.0 Å². The molecule has 0 aliphatic heterocycles. The van der Waals surface area contributed by atoms with Crippen molar-refractivity contribution in [1.82, 2.24) is 15.3 Å². The molecule has 1 aromatic heterocycles. The molecule has 146 valence electrons. The van der Waals surface area contributed by atoms with Crippen LogP contribution in [0.15, 0.2) is 24.3 Å². The van der Waals surface area contributed by atoms with Crippen molar-refractivity contribution in [3.05, 3.63) is 24.3 Å². The molecule has 1 fully saturated rings. The fourth-order valence-electron chi connectivity index (χ4n) is 3.43. The van der Waals surface area contributed by atoms with Gasteiger partial charge in [-0.2, -0.15) is 4.98 Å². The van der Waals surface area contributed by atoms with Crippen LogP contribution >= 0.6 is 0 Å². The second kappa shape index (κ2) is 7.98. The third-order valence-corrected chi connectivity index (χ3v) is 4.62. The highest BCUT2D eigenvalue weighted by Gasteiger charge is 2.29. The first-order chi connectivity index (χ1) is 12.9. The molecule has 0 spiro atoms. The second-order valence-electron chi connectivity index (χ2n) is 7.95. The molecule has 7 heteroatoms. The largest absolute Gasteiger partial charge is 0.444 e. The van der Waals surface area contributed by atoms with Gasteiger partial charge in [-0.05, 0) is 45.7 Å². The van der Waals surface area contributed by atoms with Crippen LogP contribution in [0.4, 0.5) is 16.6 Å². The first-order valence-electron chi connectivity index (χ1n) is 9.56. The molecule has 1 amide bonds. The van der Waals surface area contributed by atoms with Gasteiger partial charge in [0.1, 0.15) is 11.4 Å². The lowest BCUT2D eigenvalue weighted by Crippen LogP contribution is -2.50. The molecule has 0 radical (unpaired) electrons. The summed E-state index contributed by atoms with van der Waals surface area (Å²) < 4.78 is 5.41. The van der Waals surface area contributed by atoms with E-state index in [0.29, 0.717) is 5.95 Å². The van der Waals surface area contributed by atoms with E-state index in [1.807, 2.05) is 52.1 Å². The summed E-state index contributed by atoms with van der Waals surface area (Å²) in [5, 5.41) is 10.6. The first-order valence-corrected chi connectivity index (χ1v) is 9.56. The van der Waals surface area contributed by atoms with Gasteiger partial charge in [-0.3, -0.25) is 0 Å². The molecule has 27 heavy (non-hydrogen) atoms. The van der Waals surface area contributed by atoms with Crippen LogP contribution in [0.5, 0.6) is 0 Å². The van der Waals surface area contributed by atoms with Gasteiger partial charge in [-0.25, -0.2) is 9.78 Å². The van der Waals surface area contributed by atoms with Crippen molar-refractivity contribution < 1.29 is 9.53 Å². The highest BCUT2D eigenvalue weighted by molar-refractivity contribution is 5.89. The van der Waals surface area contributed by atoms with Crippen LogP contribution in [0.1, 0.15) is 46.5 Å². The Labute approximate surface area is 160 Å². The van der Waals surface area contributed by atoms with Crippen LogP contribution in [-0.2, 0) is 4.74 Å². The van der Waals surface area contributed by atoms with E-state index in [9.17, 15) is 4.79 Å². The Kier molecular flexibility index (Phi) is 5.68. The zero-order chi connectivity index (χ0) is 19.4. The van der Waals surface area contributed by atoms with Crippen LogP contribution < -0.4 is 16.0 Å². The maximum atomic E-state index is 12.2. The first kappa shape index (κ1) is 19.2. The molecule has 2 unspecified atom stereocenters. The number of fused-ring (bicyclic) bond motifs is 1. The van der Waals surface area contributed by atoms with Crippen LogP contribution in [0, 0.1) is 0 Å². The van der Waals surface area contributed by atoms with Crippen molar-refractivity contribution in [2.45, 2.75) is 64.1 Å². The number of nitrogens with zero attached hydrogens (tertiary/aromatic N) is 2. The number of rotatable bonds is 4. The van der Waals surface area contributed by atoms with E-state index in [1.165, 1.54) is 0 Å². The Morgan fingerprint density at radius 2 is 1.81 bits per heavy atom. The topological polar surface area (TPSA) is 88.2 Å². The van der Waals surface area contributed by atoms with E-state index >= 15 is 0 Å². The van der Waals surface area contributed by atoms with Gasteiger partial charge in [-0.15, -0.1) is 0 Å². The summed E-state index contributed by atoms with van der Waals surface area (Å²) >= 11 is 0. The predicted octanol–water partition coefficient (Wildman–Crippen LogP) is 3.92. The Morgan fingerprint density at radius 1 is 1.11 bits per heavy atom. The van der Waals surface area contributed by atoms with Crippen molar-refractivity contribution >= 4 is 28.8 Å². The maximum Gasteiger partial charge on any atom is 0.407 e. The molecule has 1 aliphatic rings. The van der Waals surface area contributed by atoms with Crippen LogP contribution in [-0.4, -0.2) is 40.8 Å². The molecule has 1 heterocycles. The summed E-state index contributed by atoms with van der Waals surface area (Å²) in [4.78, 5) is 21.5. The number of ether oxygens (including phenoxy) is 1. The van der Waals surface area contributed by atoms with Crippen molar-refractivity contribution in [3.63, 3.8) is 0 Å². The van der Waals surface area contributed by atoms with Crippen LogP contribution in [0.3, 0.4) is 0 Å². The van der Waals surface area contributed by atoms with Gasteiger partial charge in [0.15, 0.2) is 0 Å². The second-order valence-corrected chi connectivity index (χ2v) is 7.95. The van der Waals surface area contributed by atoms with Crippen LogP contribution in [0.25, 0.3) is 10.9 Å². The minimum absolute atomic E-state index is 0.0123. The average Bonchev–Trinajstić information content (AvgIpc) is 2.61. The molecule has 3 N–H and O–H groups in total. The number of para-hydroxylation sites is 1. The molecule has 7 nitrogen and oxygen atoms in total.